The Labute approximate surface area is 106 Å². The third-order valence-electron chi connectivity index (χ3n) is 3.08. The van der Waals surface area contributed by atoms with E-state index in [0.29, 0.717) is 5.92 Å². The average Bonchev–Trinajstić information content (AvgIpc) is 2.53. The Hall–Kier alpha value is -0.830. The van der Waals surface area contributed by atoms with E-state index in [9.17, 15) is 0 Å². The maximum Gasteiger partial charge on any atom is 0.0596 e. The van der Waals surface area contributed by atoms with Gasteiger partial charge < -0.3 is 5.32 Å². The topological polar surface area (TPSA) is 29.9 Å². The van der Waals surface area contributed by atoms with Gasteiger partial charge in [0.15, 0.2) is 0 Å². The molecule has 1 heterocycles. The van der Waals surface area contributed by atoms with Crippen molar-refractivity contribution in [1.82, 2.24) is 15.1 Å². The molecule has 1 unspecified atom stereocenters. The minimum absolute atomic E-state index is 0.713. The molecular weight excluding hydrogens is 210 g/mol. The van der Waals surface area contributed by atoms with Crippen LogP contribution in [0.4, 0.5) is 0 Å². The van der Waals surface area contributed by atoms with Crippen LogP contribution >= 0.6 is 0 Å². The van der Waals surface area contributed by atoms with Gasteiger partial charge in [0.25, 0.3) is 0 Å². The predicted molar refractivity (Wildman–Crippen MR) is 73.1 cm³/mol. The summed E-state index contributed by atoms with van der Waals surface area (Å²) in [6, 6.07) is 2.21. The average molecular weight is 237 g/mol. The predicted octanol–water partition coefficient (Wildman–Crippen LogP) is 2.54. The van der Waals surface area contributed by atoms with Gasteiger partial charge in [-0.25, -0.2) is 0 Å². The van der Waals surface area contributed by atoms with Gasteiger partial charge in [0.05, 0.1) is 5.69 Å². The van der Waals surface area contributed by atoms with Crippen LogP contribution in [0.15, 0.2) is 6.07 Å². The molecule has 1 N–H and O–H groups in total. The first-order valence-electron chi connectivity index (χ1n) is 6.73. The maximum atomic E-state index is 4.42. The fourth-order valence-electron chi connectivity index (χ4n) is 2.41. The van der Waals surface area contributed by atoms with Crippen LogP contribution in [0.2, 0.25) is 0 Å². The van der Waals surface area contributed by atoms with E-state index in [2.05, 4.69) is 44.2 Å². The molecule has 0 saturated heterocycles. The molecule has 1 rings (SSSR count). The van der Waals surface area contributed by atoms with Crippen LogP contribution in [0.3, 0.4) is 0 Å². The third kappa shape index (κ3) is 4.90. The lowest BCUT2D eigenvalue weighted by atomic mass is 9.92. The molecule has 0 saturated carbocycles. The highest BCUT2D eigenvalue weighted by Gasteiger charge is 2.14. The van der Waals surface area contributed by atoms with E-state index in [0.717, 1.165) is 31.1 Å². The zero-order valence-corrected chi connectivity index (χ0v) is 12.0. The SMILES string of the molecule is CCNCC(Cc1cc(C)nn1C)CC(C)C. The van der Waals surface area contributed by atoms with Gasteiger partial charge in [0.2, 0.25) is 0 Å². The fraction of sp³-hybridized carbons (Fsp3) is 0.786. The van der Waals surface area contributed by atoms with Gasteiger partial charge in [-0.2, -0.15) is 5.10 Å². The number of hydrogen-bond donors (Lipinski definition) is 1. The molecule has 0 aliphatic carbocycles. The Kier molecular flexibility index (Phi) is 5.69. The molecule has 0 spiro atoms. The molecule has 17 heavy (non-hydrogen) atoms. The first kappa shape index (κ1) is 14.2. The van der Waals surface area contributed by atoms with Gasteiger partial charge >= 0.3 is 0 Å². The van der Waals surface area contributed by atoms with Gasteiger partial charge in [-0.1, -0.05) is 20.8 Å². The van der Waals surface area contributed by atoms with Gasteiger partial charge in [-0.3, -0.25) is 4.68 Å². The smallest absolute Gasteiger partial charge is 0.0596 e. The second-order valence-electron chi connectivity index (χ2n) is 5.41. The van der Waals surface area contributed by atoms with E-state index in [1.54, 1.807) is 0 Å². The Balaban J connectivity index is 2.61. The van der Waals surface area contributed by atoms with Gasteiger partial charge in [0, 0.05) is 12.7 Å². The Bertz CT molecular complexity index is 328. The lowest BCUT2D eigenvalue weighted by Crippen LogP contribution is -2.25. The molecule has 3 heteroatoms. The number of hydrogen-bond acceptors (Lipinski definition) is 2. The number of nitrogens with one attached hydrogen (secondary N) is 1. The van der Waals surface area contributed by atoms with Crippen molar-refractivity contribution in [2.45, 2.75) is 40.5 Å². The highest BCUT2D eigenvalue weighted by molar-refractivity contribution is 5.09. The van der Waals surface area contributed by atoms with Crippen LogP contribution in [0.1, 0.15) is 38.6 Å². The first-order chi connectivity index (χ1) is 8.02. The van der Waals surface area contributed by atoms with Crippen LogP contribution in [-0.2, 0) is 13.5 Å². The highest BCUT2D eigenvalue weighted by Crippen LogP contribution is 2.17. The summed E-state index contributed by atoms with van der Waals surface area (Å²) in [6.45, 7) is 11.0. The van der Waals surface area contributed by atoms with E-state index in [1.807, 2.05) is 11.7 Å². The zero-order chi connectivity index (χ0) is 12.8. The molecule has 3 nitrogen and oxygen atoms in total. The van der Waals surface area contributed by atoms with Crippen molar-refractivity contribution in [3.05, 3.63) is 17.5 Å². The van der Waals surface area contributed by atoms with Crippen LogP contribution in [0.25, 0.3) is 0 Å². The Morgan fingerprint density at radius 1 is 1.41 bits per heavy atom. The van der Waals surface area contributed by atoms with Crippen molar-refractivity contribution in [3.8, 4) is 0 Å². The lowest BCUT2D eigenvalue weighted by Gasteiger charge is -2.19. The van der Waals surface area contributed by atoms with E-state index in [-0.39, 0.29) is 0 Å². The Morgan fingerprint density at radius 3 is 2.59 bits per heavy atom. The van der Waals surface area contributed by atoms with Crippen LogP contribution in [0, 0.1) is 18.8 Å². The van der Waals surface area contributed by atoms with Crippen molar-refractivity contribution >= 4 is 0 Å². The van der Waals surface area contributed by atoms with Crippen molar-refractivity contribution in [1.29, 1.82) is 0 Å². The van der Waals surface area contributed by atoms with Crippen molar-refractivity contribution < 1.29 is 0 Å². The summed E-state index contributed by atoms with van der Waals surface area (Å²) in [5.74, 6) is 1.47. The summed E-state index contributed by atoms with van der Waals surface area (Å²) in [4.78, 5) is 0. The van der Waals surface area contributed by atoms with E-state index < -0.39 is 0 Å². The summed E-state index contributed by atoms with van der Waals surface area (Å²) < 4.78 is 2.02. The molecule has 0 bridgehead atoms. The third-order valence-corrected chi connectivity index (χ3v) is 3.08. The minimum atomic E-state index is 0.713. The zero-order valence-electron chi connectivity index (χ0n) is 12.0. The molecule has 0 amide bonds. The lowest BCUT2D eigenvalue weighted by molar-refractivity contribution is 0.381. The van der Waals surface area contributed by atoms with E-state index in [4.69, 9.17) is 0 Å². The van der Waals surface area contributed by atoms with Crippen molar-refractivity contribution in [2.24, 2.45) is 18.9 Å². The molecule has 1 atom stereocenters. The van der Waals surface area contributed by atoms with Crippen molar-refractivity contribution in [3.63, 3.8) is 0 Å². The van der Waals surface area contributed by atoms with Crippen LogP contribution < -0.4 is 5.32 Å². The monoisotopic (exact) mass is 237 g/mol. The first-order valence-corrected chi connectivity index (χ1v) is 6.73. The minimum Gasteiger partial charge on any atom is -0.317 e. The molecule has 1 aromatic rings. The number of rotatable bonds is 7. The standard InChI is InChI=1S/C14H27N3/c1-6-15-10-13(7-11(2)3)9-14-8-12(4)16-17(14)5/h8,11,13,15H,6-7,9-10H2,1-5H3. The molecular formula is C14H27N3. The maximum absolute atomic E-state index is 4.42. The molecule has 0 aromatic carbocycles. The van der Waals surface area contributed by atoms with Gasteiger partial charge in [-0.05, 0) is 50.8 Å². The van der Waals surface area contributed by atoms with E-state index in [1.165, 1.54) is 12.1 Å². The number of aromatic nitrogens is 2. The van der Waals surface area contributed by atoms with Crippen molar-refractivity contribution in [2.75, 3.05) is 13.1 Å². The fourth-order valence-corrected chi connectivity index (χ4v) is 2.41. The molecule has 0 radical (unpaired) electrons. The quantitative estimate of drug-likeness (QED) is 0.790. The molecule has 98 valence electrons. The largest absolute Gasteiger partial charge is 0.317 e. The molecule has 1 aromatic heterocycles. The summed E-state index contributed by atoms with van der Waals surface area (Å²) in [5.41, 5.74) is 2.47. The summed E-state index contributed by atoms with van der Waals surface area (Å²) in [7, 11) is 2.04. The second kappa shape index (κ2) is 6.80. The summed E-state index contributed by atoms with van der Waals surface area (Å²) in [6.07, 6.45) is 2.40. The summed E-state index contributed by atoms with van der Waals surface area (Å²) in [5, 5.41) is 7.89. The molecule has 0 aliphatic heterocycles. The second-order valence-corrected chi connectivity index (χ2v) is 5.41. The van der Waals surface area contributed by atoms with Gasteiger partial charge in [-0.15, -0.1) is 0 Å². The van der Waals surface area contributed by atoms with Crippen LogP contribution in [0.5, 0.6) is 0 Å². The number of aryl methyl sites for hydroxylation is 2. The highest BCUT2D eigenvalue weighted by atomic mass is 15.3. The summed E-state index contributed by atoms with van der Waals surface area (Å²) >= 11 is 0. The van der Waals surface area contributed by atoms with E-state index >= 15 is 0 Å². The Morgan fingerprint density at radius 2 is 2.12 bits per heavy atom. The normalized spacial score (nSPS) is 13.3. The molecule has 0 fully saturated rings. The van der Waals surface area contributed by atoms with Gasteiger partial charge in [0.1, 0.15) is 0 Å². The van der Waals surface area contributed by atoms with Crippen LogP contribution in [-0.4, -0.2) is 22.9 Å². The number of nitrogens with zero attached hydrogens (tertiary/aromatic N) is 2. The molecule has 0 aliphatic rings.